The summed E-state index contributed by atoms with van der Waals surface area (Å²) in [5.41, 5.74) is 2.32. The lowest BCUT2D eigenvalue weighted by Crippen LogP contribution is -2.42. The fourth-order valence-electron chi connectivity index (χ4n) is 4.14. The predicted molar refractivity (Wildman–Crippen MR) is 87.3 cm³/mol. The SMILES string of the molecule is Cc1ccc(C(O)CCN2CCC3CCCCC3C2)cc1. The summed E-state index contributed by atoms with van der Waals surface area (Å²) in [4.78, 5) is 2.59. The standard InChI is InChI=1S/C19H29NO/c1-15-6-8-17(9-7-15)19(21)11-13-20-12-10-16-4-2-3-5-18(16)14-20/h6-9,16,18-19,21H,2-5,10-14H2,1H3. The van der Waals surface area contributed by atoms with E-state index in [0.29, 0.717) is 0 Å². The third kappa shape index (κ3) is 3.87. The molecule has 1 aliphatic heterocycles. The van der Waals surface area contributed by atoms with Crippen LogP contribution in [-0.4, -0.2) is 29.6 Å². The van der Waals surface area contributed by atoms with Gasteiger partial charge in [0.2, 0.25) is 0 Å². The zero-order chi connectivity index (χ0) is 14.7. The maximum absolute atomic E-state index is 10.3. The van der Waals surface area contributed by atoms with Crippen molar-refractivity contribution < 1.29 is 5.11 Å². The second-order valence-electron chi connectivity index (χ2n) is 7.11. The molecule has 0 aromatic heterocycles. The zero-order valence-electron chi connectivity index (χ0n) is 13.3. The van der Waals surface area contributed by atoms with Crippen molar-refractivity contribution in [1.82, 2.24) is 4.90 Å². The molecule has 2 aliphatic rings. The number of fused-ring (bicyclic) bond motifs is 1. The molecule has 3 atom stereocenters. The van der Waals surface area contributed by atoms with Gasteiger partial charge in [-0.25, -0.2) is 0 Å². The highest BCUT2D eigenvalue weighted by atomic mass is 16.3. The van der Waals surface area contributed by atoms with Gasteiger partial charge >= 0.3 is 0 Å². The number of rotatable bonds is 4. The van der Waals surface area contributed by atoms with Crippen LogP contribution >= 0.6 is 0 Å². The van der Waals surface area contributed by atoms with E-state index >= 15 is 0 Å². The average molecular weight is 287 g/mol. The van der Waals surface area contributed by atoms with Crippen LogP contribution in [0.15, 0.2) is 24.3 Å². The summed E-state index contributed by atoms with van der Waals surface area (Å²) < 4.78 is 0. The fourth-order valence-corrected chi connectivity index (χ4v) is 4.14. The van der Waals surface area contributed by atoms with Crippen molar-refractivity contribution in [1.29, 1.82) is 0 Å². The van der Waals surface area contributed by atoms with Gasteiger partial charge in [0, 0.05) is 13.1 Å². The first-order chi connectivity index (χ1) is 10.2. The summed E-state index contributed by atoms with van der Waals surface area (Å²) in [6.45, 7) is 5.63. The van der Waals surface area contributed by atoms with Crippen molar-refractivity contribution in [3.8, 4) is 0 Å². The van der Waals surface area contributed by atoms with Gasteiger partial charge in [-0.2, -0.15) is 0 Å². The largest absolute Gasteiger partial charge is 0.388 e. The third-order valence-corrected chi connectivity index (χ3v) is 5.56. The maximum atomic E-state index is 10.3. The zero-order valence-corrected chi connectivity index (χ0v) is 13.3. The molecule has 0 spiro atoms. The lowest BCUT2D eigenvalue weighted by Gasteiger charge is -2.41. The van der Waals surface area contributed by atoms with Crippen LogP contribution in [0, 0.1) is 18.8 Å². The number of piperidine rings is 1. The number of aryl methyl sites for hydroxylation is 1. The second-order valence-corrected chi connectivity index (χ2v) is 7.11. The number of likely N-dealkylation sites (tertiary alicyclic amines) is 1. The molecular weight excluding hydrogens is 258 g/mol. The lowest BCUT2D eigenvalue weighted by molar-refractivity contribution is 0.0705. The van der Waals surface area contributed by atoms with Crippen molar-refractivity contribution in [3.05, 3.63) is 35.4 Å². The second kappa shape index (κ2) is 6.93. The molecule has 1 N–H and O–H groups in total. The van der Waals surface area contributed by atoms with E-state index < -0.39 is 0 Å². The van der Waals surface area contributed by atoms with E-state index in [4.69, 9.17) is 0 Å². The van der Waals surface area contributed by atoms with Crippen LogP contribution in [0.5, 0.6) is 0 Å². The molecule has 3 unspecified atom stereocenters. The molecule has 1 aliphatic carbocycles. The fraction of sp³-hybridized carbons (Fsp3) is 0.684. The highest BCUT2D eigenvalue weighted by molar-refractivity contribution is 5.23. The Labute approximate surface area is 129 Å². The summed E-state index contributed by atoms with van der Waals surface area (Å²) in [5.74, 6) is 1.93. The van der Waals surface area contributed by atoms with Crippen molar-refractivity contribution in [3.63, 3.8) is 0 Å². The molecule has 0 bridgehead atoms. The molecule has 1 saturated carbocycles. The molecular formula is C19H29NO. The normalized spacial score (nSPS) is 28.1. The van der Waals surface area contributed by atoms with Crippen LogP contribution in [-0.2, 0) is 0 Å². The molecule has 21 heavy (non-hydrogen) atoms. The Bertz CT molecular complexity index is 441. The Morgan fingerprint density at radius 3 is 2.57 bits per heavy atom. The Hall–Kier alpha value is -0.860. The number of benzene rings is 1. The highest BCUT2D eigenvalue weighted by Crippen LogP contribution is 2.36. The average Bonchev–Trinajstić information content (AvgIpc) is 2.53. The molecule has 2 fully saturated rings. The number of aliphatic hydroxyl groups is 1. The Kier molecular flexibility index (Phi) is 4.97. The van der Waals surface area contributed by atoms with Crippen molar-refractivity contribution >= 4 is 0 Å². The first-order valence-electron chi connectivity index (χ1n) is 8.69. The molecule has 1 aromatic carbocycles. The number of aliphatic hydroxyl groups excluding tert-OH is 1. The van der Waals surface area contributed by atoms with Gasteiger partial charge in [0.1, 0.15) is 0 Å². The molecule has 0 radical (unpaired) electrons. The first kappa shape index (κ1) is 15.1. The number of hydrogen-bond donors (Lipinski definition) is 1. The monoisotopic (exact) mass is 287 g/mol. The molecule has 1 saturated heterocycles. The van der Waals surface area contributed by atoms with Gasteiger partial charge in [0.15, 0.2) is 0 Å². The van der Waals surface area contributed by atoms with E-state index in [2.05, 4.69) is 36.1 Å². The van der Waals surface area contributed by atoms with Gasteiger partial charge in [0.05, 0.1) is 6.10 Å². The maximum Gasteiger partial charge on any atom is 0.0802 e. The Morgan fingerprint density at radius 2 is 1.81 bits per heavy atom. The van der Waals surface area contributed by atoms with Gasteiger partial charge < -0.3 is 10.0 Å². The van der Waals surface area contributed by atoms with Gasteiger partial charge in [-0.05, 0) is 50.1 Å². The lowest BCUT2D eigenvalue weighted by atomic mass is 9.75. The molecule has 2 heteroatoms. The van der Waals surface area contributed by atoms with Gasteiger partial charge in [0.25, 0.3) is 0 Å². The molecule has 1 aromatic rings. The summed E-state index contributed by atoms with van der Waals surface area (Å²) in [6.07, 6.45) is 7.71. The quantitative estimate of drug-likeness (QED) is 0.907. The van der Waals surface area contributed by atoms with Crippen LogP contribution < -0.4 is 0 Å². The van der Waals surface area contributed by atoms with Gasteiger partial charge in [-0.15, -0.1) is 0 Å². The van der Waals surface area contributed by atoms with E-state index in [9.17, 15) is 5.11 Å². The van der Waals surface area contributed by atoms with Crippen molar-refractivity contribution in [2.24, 2.45) is 11.8 Å². The summed E-state index contributed by atoms with van der Waals surface area (Å²) in [6, 6.07) is 8.30. The van der Waals surface area contributed by atoms with Crippen LogP contribution in [0.3, 0.4) is 0 Å². The van der Waals surface area contributed by atoms with E-state index in [1.807, 2.05) is 0 Å². The summed E-state index contributed by atoms with van der Waals surface area (Å²) >= 11 is 0. The van der Waals surface area contributed by atoms with Gasteiger partial charge in [-0.3, -0.25) is 0 Å². The minimum Gasteiger partial charge on any atom is -0.388 e. The van der Waals surface area contributed by atoms with Crippen molar-refractivity contribution in [2.45, 2.75) is 51.6 Å². The van der Waals surface area contributed by atoms with E-state index in [0.717, 1.165) is 30.4 Å². The number of nitrogens with zero attached hydrogens (tertiary/aromatic N) is 1. The first-order valence-corrected chi connectivity index (χ1v) is 8.69. The number of hydrogen-bond acceptors (Lipinski definition) is 2. The molecule has 3 rings (SSSR count). The van der Waals surface area contributed by atoms with Crippen LogP contribution in [0.2, 0.25) is 0 Å². The van der Waals surface area contributed by atoms with Crippen LogP contribution in [0.1, 0.15) is 55.8 Å². The predicted octanol–water partition coefficient (Wildman–Crippen LogP) is 3.93. The smallest absolute Gasteiger partial charge is 0.0802 e. The van der Waals surface area contributed by atoms with Crippen LogP contribution in [0.25, 0.3) is 0 Å². The highest BCUT2D eigenvalue weighted by Gasteiger charge is 2.30. The van der Waals surface area contributed by atoms with Gasteiger partial charge in [-0.1, -0.05) is 49.1 Å². The molecule has 1 heterocycles. The molecule has 0 amide bonds. The van der Waals surface area contributed by atoms with E-state index in [1.165, 1.54) is 50.8 Å². The molecule has 116 valence electrons. The van der Waals surface area contributed by atoms with Crippen molar-refractivity contribution in [2.75, 3.05) is 19.6 Å². The van der Waals surface area contributed by atoms with E-state index in [1.54, 1.807) is 0 Å². The third-order valence-electron chi connectivity index (χ3n) is 5.56. The summed E-state index contributed by atoms with van der Waals surface area (Å²) in [5, 5.41) is 10.3. The minimum absolute atomic E-state index is 0.310. The van der Waals surface area contributed by atoms with E-state index in [-0.39, 0.29) is 6.10 Å². The Balaban J connectivity index is 1.47. The topological polar surface area (TPSA) is 23.5 Å². The van der Waals surface area contributed by atoms with Crippen LogP contribution in [0.4, 0.5) is 0 Å². The Morgan fingerprint density at radius 1 is 1.10 bits per heavy atom. The minimum atomic E-state index is -0.310. The molecule has 2 nitrogen and oxygen atoms in total. The summed E-state index contributed by atoms with van der Waals surface area (Å²) in [7, 11) is 0.